The van der Waals surface area contributed by atoms with Crippen LogP contribution in [0.25, 0.3) is 10.9 Å². The fourth-order valence-corrected chi connectivity index (χ4v) is 2.46. The summed E-state index contributed by atoms with van der Waals surface area (Å²) in [7, 11) is 0. The molecule has 0 aliphatic carbocycles. The molecule has 0 atom stereocenters. The molecule has 0 aliphatic rings. The zero-order chi connectivity index (χ0) is 22.4. The molecule has 0 fully saturated rings. The molecule has 0 amide bonds. The minimum Gasteiger partial charge on any atom is -0.497 e. The van der Waals surface area contributed by atoms with Crippen LogP contribution in [0.4, 0.5) is 17.1 Å². The van der Waals surface area contributed by atoms with Gasteiger partial charge < -0.3 is 9.84 Å². The molecule has 30 heavy (non-hydrogen) atoms. The second-order valence-corrected chi connectivity index (χ2v) is 5.82. The van der Waals surface area contributed by atoms with E-state index in [1.807, 2.05) is 38.1 Å². The number of non-ortho nitro benzene ring substituents is 1. The van der Waals surface area contributed by atoms with E-state index in [2.05, 4.69) is 11.1 Å². The Morgan fingerprint density at radius 2 is 1.57 bits per heavy atom. The van der Waals surface area contributed by atoms with Crippen molar-refractivity contribution in [1.82, 2.24) is 4.98 Å². The van der Waals surface area contributed by atoms with Crippen LogP contribution in [0.15, 0.2) is 42.5 Å². The fourth-order valence-electron chi connectivity index (χ4n) is 2.46. The van der Waals surface area contributed by atoms with E-state index < -0.39 is 37.6 Å². The lowest BCUT2D eigenvalue weighted by molar-refractivity contribution is -0.404. The monoisotopic (exact) mass is 416 g/mol. The number of hydrogen-bond donors (Lipinski definition) is 1. The third-order valence-electron chi connectivity index (χ3n) is 3.78. The normalized spacial score (nSPS) is 10.1. The Morgan fingerprint density at radius 1 is 0.967 bits per heavy atom. The third-order valence-corrected chi connectivity index (χ3v) is 3.78. The molecule has 0 bridgehead atoms. The van der Waals surface area contributed by atoms with Crippen LogP contribution in [0.3, 0.4) is 0 Å². The number of nitro groups is 3. The van der Waals surface area contributed by atoms with Gasteiger partial charge in [-0.1, -0.05) is 18.2 Å². The van der Waals surface area contributed by atoms with Crippen molar-refractivity contribution >= 4 is 28.0 Å². The zero-order valence-electron chi connectivity index (χ0n) is 15.8. The van der Waals surface area contributed by atoms with Crippen LogP contribution in [0, 0.1) is 37.3 Å². The van der Waals surface area contributed by atoms with Crippen LogP contribution in [-0.2, 0) is 0 Å². The summed E-state index contributed by atoms with van der Waals surface area (Å²) in [5, 5.41) is 41.3. The number of nitro benzene ring substituents is 3. The standard InChI is InChI=1S/C12H13NO.C6H3N3O7/c1-3-14-11-6-4-5-10-8-7-9(2)13-12(10)11;10-6-4(8(13)14)1-3(7(11)12)2-5(6)9(15)16/h4-8H,3H2,1-2H3;1-2,10H. The largest absolute Gasteiger partial charge is 0.497 e. The van der Waals surface area contributed by atoms with Crippen LogP contribution >= 0.6 is 0 Å². The summed E-state index contributed by atoms with van der Waals surface area (Å²) in [5.74, 6) is -0.339. The highest BCUT2D eigenvalue weighted by Crippen LogP contribution is 2.38. The van der Waals surface area contributed by atoms with E-state index in [0.717, 1.165) is 22.3 Å². The van der Waals surface area contributed by atoms with Crippen molar-refractivity contribution in [1.29, 1.82) is 0 Å². The van der Waals surface area contributed by atoms with Gasteiger partial charge in [-0.15, -0.1) is 0 Å². The summed E-state index contributed by atoms with van der Waals surface area (Å²) in [6, 6.07) is 11.0. The zero-order valence-corrected chi connectivity index (χ0v) is 15.8. The Kier molecular flexibility index (Phi) is 6.75. The summed E-state index contributed by atoms with van der Waals surface area (Å²) in [5.41, 5.74) is -1.03. The average molecular weight is 416 g/mol. The maximum atomic E-state index is 10.4. The topological polar surface area (TPSA) is 172 Å². The van der Waals surface area contributed by atoms with E-state index >= 15 is 0 Å². The van der Waals surface area contributed by atoms with Crippen molar-refractivity contribution in [3.05, 3.63) is 78.5 Å². The van der Waals surface area contributed by atoms with Crippen LogP contribution in [0.2, 0.25) is 0 Å². The van der Waals surface area contributed by atoms with Crippen LogP contribution in [0.1, 0.15) is 12.6 Å². The van der Waals surface area contributed by atoms with E-state index in [4.69, 9.17) is 9.84 Å². The first kappa shape index (κ1) is 21.9. The molecule has 12 nitrogen and oxygen atoms in total. The van der Waals surface area contributed by atoms with Gasteiger partial charge in [-0.25, -0.2) is 4.98 Å². The molecule has 0 aliphatic heterocycles. The van der Waals surface area contributed by atoms with Gasteiger partial charge in [-0.05, 0) is 26.0 Å². The first-order chi connectivity index (χ1) is 14.1. The predicted molar refractivity (Wildman–Crippen MR) is 106 cm³/mol. The quantitative estimate of drug-likeness (QED) is 0.475. The van der Waals surface area contributed by atoms with Gasteiger partial charge in [-0.2, -0.15) is 0 Å². The summed E-state index contributed by atoms with van der Waals surface area (Å²) in [6.45, 7) is 4.64. The third kappa shape index (κ3) is 4.92. The van der Waals surface area contributed by atoms with Gasteiger partial charge in [0.05, 0.1) is 33.5 Å². The highest BCUT2D eigenvalue weighted by atomic mass is 16.6. The van der Waals surface area contributed by atoms with Crippen LogP contribution in [-0.4, -0.2) is 31.5 Å². The van der Waals surface area contributed by atoms with E-state index in [1.165, 1.54) is 0 Å². The fraction of sp³-hybridized carbons (Fsp3) is 0.167. The van der Waals surface area contributed by atoms with Gasteiger partial charge in [0, 0.05) is 11.1 Å². The molecule has 0 radical (unpaired) electrons. The number of hydrogen-bond acceptors (Lipinski definition) is 9. The molecular weight excluding hydrogens is 400 g/mol. The number of phenolic OH excluding ortho intramolecular Hbond substituents is 1. The molecular formula is C18H16N4O8. The van der Waals surface area contributed by atoms with E-state index in [9.17, 15) is 30.3 Å². The predicted octanol–water partition coefficient (Wildman–Crippen LogP) is 4.06. The molecule has 12 heteroatoms. The van der Waals surface area contributed by atoms with E-state index in [-0.39, 0.29) is 0 Å². The number of aromatic nitrogens is 1. The molecule has 2 aromatic carbocycles. The van der Waals surface area contributed by atoms with Gasteiger partial charge >= 0.3 is 11.4 Å². The van der Waals surface area contributed by atoms with Crippen molar-refractivity contribution < 1.29 is 24.6 Å². The summed E-state index contributed by atoms with van der Waals surface area (Å²) < 4.78 is 5.51. The second-order valence-electron chi connectivity index (χ2n) is 5.82. The van der Waals surface area contributed by atoms with Gasteiger partial charge in [0.1, 0.15) is 11.3 Å². The van der Waals surface area contributed by atoms with Gasteiger partial charge in [-0.3, -0.25) is 30.3 Å². The second kappa shape index (κ2) is 9.23. The molecule has 1 aromatic heterocycles. The molecule has 1 N–H and O–H groups in total. The van der Waals surface area contributed by atoms with Crippen LogP contribution < -0.4 is 4.74 Å². The number of ether oxygens (including phenoxy) is 1. The first-order valence-electron chi connectivity index (χ1n) is 8.45. The molecule has 0 saturated carbocycles. The Balaban J connectivity index is 0.000000215. The Labute approximate surface area is 168 Å². The van der Waals surface area contributed by atoms with E-state index in [0.29, 0.717) is 18.7 Å². The van der Waals surface area contributed by atoms with Gasteiger partial charge in [0.15, 0.2) is 0 Å². The number of fused-ring (bicyclic) bond motifs is 1. The minimum atomic E-state index is -1.21. The van der Waals surface area contributed by atoms with Gasteiger partial charge in [0.25, 0.3) is 11.4 Å². The first-order valence-corrected chi connectivity index (χ1v) is 8.45. The summed E-state index contributed by atoms with van der Waals surface area (Å²) in [6.07, 6.45) is 0. The van der Waals surface area contributed by atoms with Crippen molar-refractivity contribution in [3.8, 4) is 11.5 Å². The molecule has 0 spiro atoms. The molecule has 0 unspecified atom stereocenters. The molecule has 3 aromatic rings. The van der Waals surface area contributed by atoms with Gasteiger partial charge in [0.2, 0.25) is 0 Å². The number of rotatable bonds is 5. The smallest absolute Gasteiger partial charge is 0.324 e. The Hall–Kier alpha value is -4.35. The number of nitrogens with zero attached hydrogens (tertiary/aromatic N) is 4. The Bertz CT molecular complexity index is 1100. The number of benzene rings is 2. The lowest BCUT2D eigenvalue weighted by Gasteiger charge is -2.06. The summed E-state index contributed by atoms with van der Waals surface area (Å²) in [4.78, 5) is 32.2. The van der Waals surface area contributed by atoms with Crippen molar-refractivity contribution in [2.75, 3.05) is 6.61 Å². The highest BCUT2D eigenvalue weighted by Gasteiger charge is 2.30. The highest BCUT2D eigenvalue weighted by molar-refractivity contribution is 5.84. The van der Waals surface area contributed by atoms with E-state index in [1.54, 1.807) is 0 Å². The SMILES string of the molecule is CCOc1cccc2ccc(C)nc12.O=[N+]([O-])c1cc([N+](=O)[O-])c(O)c([N+](=O)[O-])c1. The number of para-hydroxylation sites is 1. The molecule has 0 saturated heterocycles. The molecule has 156 valence electrons. The van der Waals surface area contributed by atoms with Crippen molar-refractivity contribution in [3.63, 3.8) is 0 Å². The number of aryl methyl sites for hydroxylation is 1. The van der Waals surface area contributed by atoms with Crippen molar-refractivity contribution in [2.24, 2.45) is 0 Å². The number of phenols is 1. The maximum Gasteiger partial charge on any atom is 0.324 e. The lowest BCUT2D eigenvalue weighted by Crippen LogP contribution is -1.97. The maximum absolute atomic E-state index is 10.4. The molecule has 3 rings (SSSR count). The van der Waals surface area contributed by atoms with Crippen molar-refractivity contribution in [2.45, 2.75) is 13.8 Å². The minimum absolute atomic E-state index is 0.447. The Morgan fingerprint density at radius 3 is 2.07 bits per heavy atom. The average Bonchev–Trinajstić information content (AvgIpc) is 2.68. The lowest BCUT2D eigenvalue weighted by atomic mass is 10.2. The van der Waals surface area contributed by atoms with Crippen LogP contribution in [0.5, 0.6) is 11.5 Å². The number of aromatic hydroxyl groups is 1. The summed E-state index contributed by atoms with van der Waals surface area (Å²) >= 11 is 0. The molecule has 1 heterocycles. The number of pyridine rings is 1.